The van der Waals surface area contributed by atoms with Crippen molar-refractivity contribution in [3.8, 4) is 0 Å². The van der Waals surface area contributed by atoms with Crippen LogP contribution in [0.4, 0.5) is 0 Å². The zero-order valence-corrected chi connectivity index (χ0v) is 16.1. The first-order chi connectivity index (χ1) is 4.13. The Morgan fingerprint density at radius 2 is 1.50 bits per heavy atom. The van der Waals surface area contributed by atoms with E-state index in [-0.39, 0.29) is 73.8 Å². The summed E-state index contributed by atoms with van der Waals surface area (Å²) in [4.78, 5) is 0. The maximum absolute atomic E-state index is 3.36. The third kappa shape index (κ3) is 4.35. The van der Waals surface area contributed by atoms with Crippen molar-refractivity contribution in [1.82, 2.24) is 0 Å². The summed E-state index contributed by atoms with van der Waals surface area (Å²) in [5.41, 5.74) is 4.25. The molecule has 70 valence electrons. The Bertz CT molecular complexity index is 195. The Labute approximate surface area is 128 Å². The second-order valence-corrected chi connectivity index (χ2v) is 2.80. The predicted molar refractivity (Wildman–Crippen MR) is 70.8 cm³/mol. The van der Waals surface area contributed by atoms with Crippen molar-refractivity contribution in [3.05, 3.63) is 22.8 Å². The quantitative estimate of drug-likeness (QED) is 0.241. The van der Waals surface area contributed by atoms with Crippen LogP contribution in [0.1, 0.15) is 27.7 Å². The first-order valence-corrected chi connectivity index (χ1v) is 3.40. The molecule has 0 bridgehead atoms. The van der Waals surface area contributed by atoms with Crippen LogP contribution in [0.3, 0.4) is 0 Å². The molecule has 0 saturated heterocycles. The Kier molecular flexibility index (Phi) is 13.2. The van der Waals surface area contributed by atoms with Crippen molar-refractivity contribution in [2.75, 3.05) is 0 Å². The van der Waals surface area contributed by atoms with Gasteiger partial charge in [0.2, 0.25) is 0 Å². The average molecular weight is 556 g/mol. The van der Waals surface area contributed by atoms with Crippen LogP contribution in [-0.2, 0) is 25.8 Å². The number of allylic oxidation sites excluding steroid dienone is 4. The van der Waals surface area contributed by atoms with Crippen molar-refractivity contribution < 1.29 is 25.8 Å². The minimum absolute atomic E-state index is 0. The third-order valence-corrected chi connectivity index (χ3v) is 2.24. The van der Waals surface area contributed by atoms with Gasteiger partial charge < -0.3 is 0 Å². The number of rotatable bonds is 0. The molecular formula is C9H15HfI2-. The molecule has 1 rings (SSSR count). The van der Waals surface area contributed by atoms with Crippen molar-refractivity contribution in [1.29, 1.82) is 0 Å². The van der Waals surface area contributed by atoms with Gasteiger partial charge in [-0.15, -0.1) is 54.9 Å². The number of halogens is 2. The van der Waals surface area contributed by atoms with Crippen LogP contribution >= 0.6 is 48.0 Å². The van der Waals surface area contributed by atoms with E-state index < -0.39 is 0 Å². The molecule has 0 radical (unpaired) electrons. The van der Waals surface area contributed by atoms with Gasteiger partial charge in [0.15, 0.2) is 0 Å². The van der Waals surface area contributed by atoms with E-state index in [0.29, 0.717) is 5.92 Å². The molecule has 0 nitrogen and oxygen atoms in total. The maximum atomic E-state index is 3.36. The third-order valence-electron chi connectivity index (χ3n) is 2.24. The van der Waals surface area contributed by atoms with E-state index in [1.165, 1.54) is 16.7 Å². The van der Waals surface area contributed by atoms with Gasteiger partial charge in [0, 0.05) is 25.8 Å². The minimum atomic E-state index is 0. The van der Waals surface area contributed by atoms with E-state index in [4.69, 9.17) is 0 Å². The van der Waals surface area contributed by atoms with E-state index in [1.54, 1.807) is 0 Å². The zero-order chi connectivity index (χ0) is 7.02. The molecule has 0 aromatic heterocycles. The fourth-order valence-corrected chi connectivity index (χ4v) is 1.16. The molecule has 1 atom stereocenters. The number of hydrogen-bond donors (Lipinski definition) is 0. The van der Waals surface area contributed by atoms with E-state index in [0.717, 1.165) is 0 Å². The average Bonchev–Trinajstić information content (AvgIpc) is 1.98. The van der Waals surface area contributed by atoms with Gasteiger partial charge in [-0.1, -0.05) is 26.7 Å². The second kappa shape index (κ2) is 8.15. The SMILES string of the molecule is CC1=[C-]C(C)C(C)=C1C.I.I.[Hf]. The molecule has 0 spiro atoms. The molecule has 0 aromatic rings. The smallest absolute Gasteiger partial charge is 0 e. The van der Waals surface area contributed by atoms with Crippen LogP contribution < -0.4 is 0 Å². The molecule has 1 aliphatic rings. The van der Waals surface area contributed by atoms with Crippen LogP contribution in [0.2, 0.25) is 0 Å². The van der Waals surface area contributed by atoms with Crippen molar-refractivity contribution in [2.24, 2.45) is 5.92 Å². The van der Waals surface area contributed by atoms with Gasteiger partial charge >= 0.3 is 0 Å². The summed E-state index contributed by atoms with van der Waals surface area (Å²) in [6, 6.07) is 0. The largest absolute Gasteiger partial charge is 0.266 e. The molecule has 1 aliphatic carbocycles. The van der Waals surface area contributed by atoms with Crippen LogP contribution in [-0.4, -0.2) is 0 Å². The summed E-state index contributed by atoms with van der Waals surface area (Å²) in [5.74, 6) is 0.560. The summed E-state index contributed by atoms with van der Waals surface area (Å²) >= 11 is 0. The summed E-state index contributed by atoms with van der Waals surface area (Å²) in [6.45, 7) is 8.67. The van der Waals surface area contributed by atoms with E-state index in [2.05, 4.69) is 33.8 Å². The Balaban J connectivity index is -0.000000270. The molecule has 1 unspecified atom stereocenters. The molecule has 0 heterocycles. The van der Waals surface area contributed by atoms with E-state index in [9.17, 15) is 0 Å². The van der Waals surface area contributed by atoms with Gasteiger partial charge in [-0.25, -0.2) is 5.57 Å². The van der Waals surface area contributed by atoms with Gasteiger partial charge in [0.1, 0.15) is 0 Å². The second-order valence-electron chi connectivity index (χ2n) is 2.80. The van der Waals surface area contributed by atoms with E-state index >= 15 is 0 Å². The molecule has 0 aromatic carbocycles. The Morgan fingerprint density at radius 3 is 1.58 bits per heavy atom. The molecule has 12 heavy (non-hydrogen) atoms. The molecular weight excluding hydrogens is 540 g/mol. The summed E-state index contributed by atoms with van der Waals surface area (Å²) in [7, 11) is 0. The molecule has 0 aliphatic heterocycles. The predicted octanol–water partition coefficient (Wildman–Crippen LogP) is 3.96. The van der Waals surface area contributed by atoms with Gasteiger partial charge in [0.05, 0.1) is 0 Å². The van der Waals surface area contributed by atoms with Crippen molar-refractivity contribution >= 4 is 48.0 Å². The maximum Gasteiger partial charge on any atom is 0 e. The Morgan fingerprint density at radius 1 is 1.08 bits per heavy atom. The monoisotopic (exact) mass is 557 g/mol. The van der Waals surface area contributed by atoms with Crippen LogP contribution in [0.15, 0.2) is 16.7 Å². The summed E-state index contributed by atoms with van der Waals surface area (Å²) in [5, 5.41) is 0. The molecule has 0 amide bonds. The van der Waals surface area contributed by atoms with Gasteiger partial charge in [0.25, 0.3) is 0 Å². The van der Waals surface area contributed by atoms with Crippen LogP contribution in [0.25, 0.3) is 0 Å². The minimum Gasteiger partial charge on any atom is -0.266 e. The molecule has 0 saturated carbocycles. The van der Waals surface area contributed by atoms with Crippen LogP contribution in [0.5, 0.6) is 0 Å². The summed E-state index contributed by atoms with van der Waals surface area (Å²) < 4.78 is 0. The van der Waals surface area contributed by atoms with Gasteiger partial charge in [-0.05, 0) is 0 Å². The molecule has 0 N–H and O–H groups in total. The van der Waals surface area contributed by atoms with Gasteiger partial charge in [-0.3, -0.25) is 6.08 Å². The van der Waals surface area contributed by atoms with E-state index in [1.807, 2.05) is 0 Å². The fourth-order valence-electron chi connectivity index (χ4n) is 1.16. The van der Waals surface area contributed by atoms with Crippen molar-refractivity contribution in [2.45, 2.75) is 27.7 Å². The Hall–Kier alpha value is 1.81. The normalized spacial score (nSPS) is 20.3. The topological polar surface area (TPSA) is 0 Å². The summed E-state index contributed by atoms with van der Waals surface area (Å²) in [6.07, 6.45) is 3.36. The molecule has 0 fully saturated rings. The fraction of sp³-hybridized carbons (Fsp3) is 0.556. The first-order valence-electron chi connectivity index (χ1n) is 3.40. The standard InChI is InChI=1S/C9H13.Hf.2HI/c1-6-5-7(2)9(4)8(6)3;;;/h6H,1-4H3;;2*1H/q-1;;;. The number of hydrogen-bond acceptors (Lipinski definition) is 0. The molecule has 3 heteroatoms. The van der Waals surface area contributed by atoms with Crippen LogP contribution in [0, 0.1) is 12.0 Å². The van der Waals surface area contributed by atoms with Gasteiger partial charge in [-0.2, -0.15) is 11.1 Å². The van der Waals surface area contributed by atoms with Crippen molar-refractivity contribution in [3.63, 3.8) is 0 Å². The first kappa shape index (κ1) is 19.4. The zero-order valence-electron chi connectivity index (χ0n) is 7.89.